The molecule has 0 radical (unpaired) electrons. The number of carbonyl (C=O) groups is 1. The highest BCUT2D eigenvalue weighted by Gasteiger charge is 2.23. The first-order valence-corrected chi connectivity index (χ1v) is 8.44. The maximum atomic E-state index is 12.3. The number of amides is 1. The molecule has 5 nitrogen and oxygen atoms in total. The van der Waals surface area contributed by atoms with Crippen molar-refractivity contribution in [2.24, 2.45) is 5.92 Å². The van der Waals surface area contributed by atoms with Crippen LogP contribution in [0.4, 0.5) is 0 Å². The molecule has 0 atom stereocenters. The second-order valence-electron chi connectivity index (χ2n) is 5.57. The lowest BCUT2D eigenvalue weighted by atomic mass is 10.1. The van der Waals surface area contributed by atoms with Crippen LogP contribution < -0.4 is 0 Å². The van der Waals surface area contributed by atoms with E-state index >= 15 is 0 Å². The smallest absolute Gasteiger partial charge is 0.243 e. The van der Waals surface area contributed by atoms with E-state index in [1.807, 2.05) is 0 Å². The van der Waals surface area contributed by atoms with Crippen LogP contribution >= 0.6 is 0 Å². The molecule has 1 amide bonds. The first-order chi connectivity index (χ1) is 9.75. The highest BCUT2D eigenvalue weighted by Crippen LogP contribution is 2.13. The molecule has 0 saturated carbocycles. The first kappa shape index (κ1) is 17.7. The summed E-state index contributed by atoms with van der Waals surface area (Å²) in [4.78, 5) is 13.8. The van der Waals surface area contributed by atoms with Crippen LogP contribution in [0.3, 0.4) is 0 Å². The molecule has 0 aromatic heterocycles. The fraction of sp³-hybridized carbons (Fsp3) is 0.533. The van der Waals surface area contributed by atoms with Crippen LogP contribution in [0, 0.1) is 5.92 Å². The van der Waals surface area contributed by atoms with E-state index in [0.29, 0.717) is 12.5 Å². The van der Waals surface area contributed by atoms with Gasteiger partial charge in [-0.3, -0.25) is 4.79 Å². The quantitative estimate of drug-likeness (QED) is 0.771. The Labute approximate surface area is 127 Å². The molecular weight excluding hydrogens is 288 g/mol. The Balaban J connectivity index is 2.68. The summed E-state index contributed by atoms with van der Waals surface area (Å²) in [5.41, 5.74) is 0. The molecule has 0 saturated heterocycles. The van der Waals surface area contributed by atoms with Gasteiger partial charge in [0, 0.05) is 20.6 Å². The minimum absolute atomic E-state index is 0.147. The zero-order valence-corrected chi connectivity index (χ0v) is 13.9. The molecule has 1 aromatic rings. The summed E-state index contributed by atoms with van der Waals surface area (Å²) in [5, 5.41) is 0. The Hall–Kier alpha value is -1.40. The molecule has 118 valence electrons. The molecule has 0 spiro atoms. The highest BCUT2D eigenvalue weighted by atomic mass is 32.2. The molecule has 0 fully saturated rings. The van der Waals surface area contributed by atoms with Crippen LogP contribution in [0.5, 0.6) is 0 Å². The van der Waals surface area contributed by atoms with Crippen LogP contribution in [0.25, 0.3) is 0 Å². The van der Waals surface area contributed by atoms with Crippen molar-refractivity contribution in [1.29, 1.82) is 0 Å². The number of rotatable bonds is 7. The van der Waals surface area contributed by atoms with Crippen LogP contribution in [0.15, 0.2) is 35.2 Å². The molecule has 0 N–H and O–H groups in total. The summed E-state index contributed by atoms with van der Waals surface area (Å²) >= 11 is 0. The molecule has 0 bridgehead atoms. The molecular formula is C15H24N2O3S. The normalized spacial score (nSPS) is 11.9. The van der Waals surface area contributed by atoms with Crippen LogP contribution in [-0.2, 0) is 14.8 Å². The summed E-state index contributed by atoms with van der Waals surface area (Å²) in [6.07, 6.45) is 0.900. The van der Waals surface area contributed by atoms with Gasteiger partial charge < -0.3 is 4.90 Å². The van der Waals surface area contributed by atoms with E-state index in [-0.39, 0.29) is 17.3 Å². The van der Waals surface area contributed by atoms with Gasteiger partial charge in [-0.1, -0.05) is 32.0 Å². The Morgan fingerprint density at radius 2 is 1.71 bits per heavy atom. The Morgan fingerprint density at radius 3 is 2.24 bits per heavy atom. The van der Waals surface area contributed by atoms with Gasteiger partial charge in [0.1, 0.15) is 0 Å². The fourth-order valence-electron chi connectivity index (χ4n) is 1.75. The molecule has 1 rings (SSSR count). The van der Waals surface area contributed by atoms with Gasteiger partial charge in [0.05, 0.1) is 11.4 Å². The first-order valence-electron chi connectivity index (χ1n) is 7.00. The molecule has 1 aromatic carbocycles. The third kappa shape index (κ3) is 5.13. The molecule has 0 unspecified atom stereocenters. The number of benzene rings is 1. The van der Waals surface area contributed by atoms with Gasteiger partial charge in [-0.2, -0.15) is 4.31 Å². The van der Waals surface area contributed by atoms with Crippen molar-refractivity contribution in [2.45, 2.75) is 25.2 Å². The average molecular weight is 312 g/mol. The monoisotopic (exact) mass is 312 g/mol. The molecule has 0 aliphatic carbocycles. The zero-order valence-electron chi connectivity index (χ0n) is 13.1. The molecule has 6 heteroatoms. The van der Waals surface area contributed by atoms with Gasteiger partial charge in [0.2, 0.25) is 15.9 Å². The molecule has 0 heterocycles. The van der Waals surface area contributed by atoms with Crippen molar-refractivity contribution in [3.63, 3.8) is 0 Å². The van der Waals surface area contributed by atoms with E-state index in [1.165, 1.54) is 19.2 Å². The van der Waals surface area contributed by atoms with Crippen molar-refractivity contribution >= 4 is 15.9 Å². The van der Waals surface area contributed by atoms with E-state index in [0.717, 1.165) is 10.7 Å². The lowest BCUT2D eigenvalue weighted by molar-refractivity contribution is -0.130. The van der Waals surface area contributed by atoms with Crippen molar-refractivity contribution in [3.05, 3.63) is 30.3 Å². The summed E-state index contributed by atoms with van der Waals surface area (Å²) in [6, 6.07) is 8.13. The van der Waals surface area contributed by atoms with Crippen molar-refractivity contribution in [2.75, 3.05) is 27.2 Å². The van der Waals surface area contributed by atoms with Crippen molar-refractivity contribution < 1.29 is 13.2 Å². The minimum Gasteiger partial charge on any atom is -0.345 e. The number of carbonyl (C=O) groups excluding carboxylic acids is 1. The zero-order chi connectivity index (χ0) is 16.0. The van der Waals surface area contributed by atoms with Gasteiger partial charge in [-0.05, 0) is 24.5 Å². The summed E-state index contributed by atoms with van der Waals surface area (Å²) in [7, 11) is -0.484. The molecule has 21 heavy (non-hydrogen) atoms. The number of hydrogen-bond acceptors (Lipinski definition) is 3. The maximum absolute atomic E-state index is 12.3. The van der Waals surface area contributed by atoms with Gasteiger partial charge in [0.25, 0.3) is 0 Å². The molecule has 0 aliphatic heterocycles. The van der Waals surface area contributed by atoms with Crippen LogP contribution in [0.1, 0.15) is 20.3 Å². The predicted octanol–water partition coefficient (Wildman–Crippen LogP) is 1.81. The Kier molecular flexibility index (Phi) is 6.36. The maximum Gasteiger partial charge on any atom is 0.243 e. The predicted molar refractivity (Wildman–Crippen MR) is 83.3 cm³/mol. The second kappa shape index (κ2) is 7.56. The van der Waals surface area contributed by atoms with E-state index in [4.69, 9.17) is 0 Å². The summed E-state index contributed by atoms with van der Waals surface area (Å²) < 4.78 is 25.7. The van der Waals surface area contributed by atoms with E-state index < -0.39 is 10.0 Å². The number of nitrogens with zero attached hydrogens (tertiary/aromatic N) is 2. The Morgan fingerprint density at radius 1 is 1.14 bits per heavy atom. The van der Waals surface area contributed by atoms with Crippen LogP contribution in [-0.4, -0.2) is 50.7 Å². The fourth-order valence-corrected chi connectivity index (χ4v) is 2.89. The standard InChI is InChI=1S/C15H24N2O3S/c1-13(2)10-11-16(3)15(18)12-17(4)21(19,20)14-8-6-5-7-9-14/h5-9,13H,10-12H2,1-4H3. The SMILES string of the molecule is CC(C)CCN(C)C(=O)CN(C)S(=O)(=O)c1ccccc1. The van der Waals surface area contributed by atoms with Crippen molar-refractivity contribution in [1.82, 2.24) is 9.21 Å². The second-order valence-corrected chi connectivity index (χ2v) is 7.62. The van der Waals surface area contributed by atoms with E-state index in [1.54, 1.807) is 30.1 Å². The van der Waals surface area contributed by atoms with E-state index in [9.17, 15) is 13.2 Å². The van der Waals surface area contributed by atoms with E-state index in [2.05, 4.69) is 13.8 Å². The summed E-state index contributed by atoms with van der Waals surface area (Å²) in [6.45, 7) is 4.66. The van der Waals surface area contributed by atoms with Gasteiger partial charge in [-0.25, -0.2) is 8.42 Å². The van der Waals surface area contributed by atoms with Gasteiger partial charge in [-0.15, -0.1) is 0 Å². The average Bonchev–Trinajstić information content (AvgIpc) is 2.45. The third-order valence-electron chi connectivity index (χ3n) is 3.28. The van der Waals surface area contributed by atoms with Gasteiger partial charge in [0.15, 0.2) is 0 Å². The summed E-state index contributed by atoms with van der Waals surface area (Å²) in [5.74, 6) is 0.309. The topological polar surface area (TPSA) is 57.7 Å². The highest BCUT2D eigenvalue weighted by molar-refractivity contribution is 7.89. The van der Waals surface area contributed by atoms with Crippen molar-refractivity contribution in [3.8, 4) is 0 Å². The lowest BCUT2D eigenvalue weighted by Gasteiger charge is -2.22. The largest absolute Gasteiger partial charge is 0.345 e. The number of hydrogen-bond donors (Lipinski definition) is 0. The lowest BCUT2D eigenvalue weighted by Crippen LogP contribution is -2.39. The minimum atomic E-state index is -3.61. The van der Waals surface area contributed by atoms with Crippen LogP contribution in [0.2, 0.25) is 0 Å². The number of sulfonamides is 1. The molecule has 0 aliphatic rings. The van der Waals surface area contributed by atoms with Gasteiger partial charge >= 0.3 is 0 Å². The Bertz CT molecular complexity index is 556. The third-order valence-corrected chi connectivity index (χ3v) is 5.09. The number of likely N-dealkylation sites (N-methyl/N-ethyl adjacent to an activating group) is 2.